The minimum atomic E-state index is -4.08. The summed E-state index contributed by atoms with van der Waals surface area (Å²) < 4.78 is 30.8. The molecule has 0 aromatic carbocycles. The molecule has 1 atom stereocenters. The first kappa shape index (κ1) is 15.4. The van der Waals surface area contributed by atoms with Crippen LogP contribution in [0.2, 0.25) is 0 Å². The summed E-state index contributed by atoms with van der Waals surface area (Å²) in [5, 5.41) is 0. The number of H-pyrrole nitrogens is 1. The summed E-state index contributed by atoms with van der Waals surface area (Å²) in [4.78, 5) is 25.1. The Bertz CT molecular complexity index is 606. The molecule has 0 spiro atoms. The predicted molar refractivity (Wildman–Crippen MR) is 68.0 cm³/mol. The Labute approximate surface area is 111 Å². The van der Waals surface area contributed by atoms with E-state index in [0.29, 0.717) is 0 Å². The van der Waals surface area contributed by atoms with E-state index >= 15 is 0 Å². The number of hydrogen-bond donors (Lipinski definition) is 2. The van der Waals surface area contributed by atoms with Crippen molar-refractivity contribution < 1.29 is 17.9 Å². The van der Waals surface area contributed by atoms with Crippen LogP contribution < -0.4 is 10.2 Å². The van der Waals surface area contributed by atoms with Gasteiger partial charge < -0.3 is 9.72 Å². The highest BCUT2D eigenvalue weighted by Gasteiger charge is 2.30. The number of carbonyl (C=O) groups excluding carboxylic acids is 1. The molecule has 7 nitrogen and oxygen atoms in total. The Kier molecular flexibility index (Phi) is 4.84. The maximum atomic E-state index is 12.0. The number of aromatic nitrogens is 1. The van der Waals surface area contributed by atoms with Crippen LogP contribution in [0.15, 0.2) is 28.2 Å². The fourth-order valence-electron chi connectivity index (χ4n) is 1.42. The van der Waals surface area contributed by atoms with Crippen LogP contribution in [0, 0.1) is 5.92 Å². The van der Waals surface area contributed by atoms with Gasteiger partial charge in [0.2, 0.25) is 15.5 Å². The van der Waals surface area contributed by atoms with Gasteiger partial charge in [0, 0.05) is 18.5 Å². The minimum Gasteiger partial charge on any atom is -0.468 e. The SMILES string of the molecule is COC(=O)[C@@H](NS(=O)(=O)c1c[nH]ccc1=O)C(C)C. The van der Waals surface area contributed by atoms with Crippen molar-refractivity contribution in [3.8, 4) is 0 Å². The minimum absolute atomic E-state index is 0.315. The summed E-state index contributed by atoms with van der Waals surface area (Å²) in [6.07, 6.45) is 2.39. The fourth-order valence-corrected chi connectivity index (χ4v) is 2.81. The topological polar surface area (TPSA) is 105 Å². The highest BCUT2D eigenvalue weighted by atomic mass is 32.2. The normalized spacial score (nSPS) is 13.3. The van der Waals surface area contributed by atoms with Crippen molar-refractivity contribution in [3.05, 3.63) is 28.7 Å². The number of nitrogens with one attached hydrogen (secondary N) is 2. The summed E-state index contributed by atoms with van der Waals surface area (Å²) >= 11 is 0. The van der Waals surface area contributed by atoms with E-state index in [9.17, 15) is 18.0 Å². The number of ether oxygens (including phenoxy) is 1. The lowest BCUT2D eigenvalue weighted by atomic mass is 10.1. The lowest BCUT2D eigenvalue weighted by Crippen LogP contribution is -2.45. The first-order valence-corrected chi connectivity index (χ1v) is 7.05. The van der Waals surface area contributed by atoms with Crippen molar-refractivity contribution >= 4 is 16.0 Å². The first-order valence-electron chi connectivity index (χ1n) is 5.57. The number of sulfonamides is 1. The molecule has 0 amide bonds. The van der Waals surface area contributed by atoms with E-state index in [1.54, 1.807) is 13.8 Å². The molecular weight excluding hydrogens is 272 g/mol. The molecule has 1 heterocycles. The molecule has 1 aromatic rings. The van der Waals surface area contributed by atoms with Gasteiger partial charge >= 0.3 is 5.97 Å². The molecule has 0 fully saturated rings. The number of methoxy groups -OCH3 is 1. The lowest BCUT2D eigenvalue weighted by Gasteiger charge is -2.19. The molecule has 0 unspecified atom stereocenters. The summed E-state index contributed by atoms with van der Waals surface area (Å²) in [6.45, 7) is 3.33. The largest absolute Gasteiger partial charge is 0.468 e. The summed E-state index contributed by atoms with van der Waals surface area (Å²) in [5.74, 6) is -1.02. The van der Waals surface area contributed by atoms with Crippen LogP contribution >= 0.6 is 0 Å². The first-order chi connectivity index (χ1) is 8.79. The van der Waals surface area contributed by atoms with Gasteiger partial charge in [-0.05, 0) is 5.92 Å². The molecule has 0 aliphatic carbocycles. The van der Waals surface area contributed by atoms with E-state index in [-0.39, 0.29) is 5.92 Å². The van der Waals surface area contributed by atoms with E-state index in [4.69, 9.17) is 0 Å². The van der Waals surface area contributed by atoms with Gasteiger partial charge in [-0.25, -0.2) is 8.42 Å². The van der Waals surface area contributed by atoms with Gasteiger partial charge in [0.05, 0.1) is 7.11 Å². The molecule has 0 saturated carbocycles. The number of pyridine rings is 1. The fraction of sp³-hybridized carbons (Fsp3) is 0.455. The average molecular weight is 288 g/mol. The standard InChI is InChI=1S/C11H16N2O5S/c1-7(2)10(11(15)18-3)13-19(16,17)9-6-12-5-4-8(9)14/h4-7,10,13H,1-3H3,(H,12,14)/t10-/m0/s1. The molecule has 1 aromatic heterocycles. The summed E-state index contributed by atoms with van der Waals surface area (Å²) in [5.41, 5.74) is -0.654. The Hall–Kier alpha value is -1.67. The van der Waals surface area contributed by atoms with Gasteiger partial charge in [0.1, 0.15) is 10.9 Å². The zero-order chi connectivity index (χ0) is 14.6. The molecule has 2 N–H and O–H groups in total. The van der Waals surface area contributed by atoms with E-state index < -0.39 is 32.4 Å². The molecule has 0 saturated heterocycles. The predicted octanol–water partition coefficient (Wildman–Crippen LogP) is -0.149. The molecule has 106 valence electrons. The van der Waals surface area contributed by atoms with E-state index in [1.165, 1.54) is 13.3 Å². The van der Waals surface area contributed by atoms with Crippen LogP contribution in [0.3, 0.4) is 0 Å². The monoisotopic (exact) mass is 288 g/mol. The van der Waals surface area contributed by atoms with Gasteiger partial charge in [-0.1, -0.05) is 13.8 Å². The highest BCUT2D eigenvalue weighted by molar-refractivity contribution is 7.89. The molecule has 0 aliphatic rings. The Balaban J connectivity index is 3.12. The van der Waals surface area contributed by atoms with Crippen LogP contribution in [0.1, 0.15) is 13.8 Å². The van der Waals surface area contributed by atoms with Crippen LogP contribution in [0.4, 0.5) is 0 Å². The highest BCUT2D eigenvalue weighted by Crippen LogP contribution is 2.09. The maximum absolute atomic E-state index is 12.0. The van der Waals surface area contributed by atoms with Crippen molar-refractivity contribution in [2.45, 2.75) is 24.8 Å². The van der Waals surface area contributed by atoms with Crippen molar-refractivity contribution in [1.29, 1.82) is 0 Å². The number of rotatable bonds is 5. The average Bonchev–Trinajstić information content (AvgIpc) is 2.35. The van der Waals surface area contributed by atoms with Crippen molar-refractivity contribution in [1.82, 2.24) is 9.71 Å². The zero-order valence-electron chi connectivity index (χ0n) is 10.8. The van der Waals surface area contributed by atoms with Crippen molar-refractivity contribution in [3.63, 3.8) is 0 Å². The van der Waals surface area contributed by atoms with Crippen LogP contribution in [0.5, 0.6) is 0 Å². The third-order valence-electron chi connectivity index (χ3n) is 2.48. The number of esters is 1. The second kappa shape index (κ2) is 5.98. The third-order valence-corrected chi connectivity index (χ3v) is 3.94. The van der Waals surface area contributed by atoms with E-state index in [0.717, 1.165) is 12.3 Å². The van der Waals surface area contributed by atoms with E-state index in [1.807, 2.05) is 0 Å². The third kappa shape index (κ3) is 3.65. The quantitative estimate of drug-likeness (QED) is 0.733. The summed E-state index contributed by atoms with van der Waals surface area (Å²) in [7, 11) is -2.92. The smallest absolute Gasteiger partial charge is 0.324 e. The molecule has 0 aliphatic heterocycles. The van der Waals surface area contributed by atoms with Gasteiger partial charge in [0.15, 0.2) is 0 Å². The maximum Gasteiger partial charge on any atom is 0.324 e. The van der Waals surface area contributed by atoms with Gasteiger partial charge in [-0.3, -0.25) is 9.59 Å². The van der Waals surface area contributed by atoms with Crippen LogP contribution in [-0.4, -0.2) is 32.5 Å². The van der Waals surface area contributed by atoms with Crippen molar-refractivity contribution in [2.75, 3.05) is 7.11 Å². The molecule has 0 radical (unpaired) electrons. The second-order valence-corrected chi connectivity index (χ2v) is 5.92. The second-order valence-electron chi connectivity index (χ2n) is 4.24. The number of aromatic amines is 1. The van der Waals surface area contributed by atoms with Gasteiger partial charge in [0.25, 0.3) is 0 Å². The molecule has 0 bridgehead atoms. The Morgan fingerprint density at radius 2 is 2.05 bits per heavy atom. The molecular formula is C11H16N2O5S. The molecule has 1 rings (SSSR count). The number of carbonyl (C=O) groups is 1. The molecule has 19 heavy (non-hydrogen) atoms. The molecule has 8 heteroatoms. The van der Waals surface area contributed by atoms with E-state index in [2.05, 4.69) is 14.4 Å². The lowest BCUT2D eigenvalue weighted by molar-refractivity contribution is -0.143. The Morgan fingerprint density at radius 1 is 1.42 bits per heavy atom. The Morgan fingerprint density at radius 3 is 2.53 bits per heavy atom. The number of hydrogen-bond acceptors (Lipinski definition) is 5. The van der Waals surface area contributed by atoms with Crippen LogP contribution in [-0.2, 0) is 19.6 Å². The van der Waals surface area contributed by atoms with Gasteiger partial charge in [-0.2, -0.15) is 4.72 Å². The van der Waals surface area contributed by atoms with Gasteiger partial charge in [-0.15, -0.1) is 0 Å². The van der Waals surface area contributed by atoms with Crippen LogP contribution in [0.25, 0.3) is 0 Å². The summed E-state index contributed by atoms with van der Waals surface area (Å²) in [6, 6.07) is 0.0477. The van der Waals surface area contributed by atoms with Crippen molar-refractivity contribution in [2.24, 2.45) is 5.92 Å². The zero-order valence-corrected chi connectivity index (χ0v) is 11.7.